The Morgan fingerprint density at radius 3 is 2.64 bits per heavy atom. The summed E-state index contributed by atoms with van der Waals surface area (Å²) in [5.41, 5.74) is 1.16. The minimum Gasteiger partial charge on any atom is -0.447 e. The molecule has 2 aliphatic heterocycles. The quantitative estimate of drug-likeness (QED) is 0.579. The number of halogens is 1. The highest BCUT2D eigenvalue weighted by atomic mass is 19.1. The predicted octanol–water partition coefficient (Wildman–Crippen LogP) is 4.44. The molecule has 36 heavy (non-hydrogen) atoms. The van der Waals surface area contributed by atoms with Gasteiger partial charge in [0.25, 0.3) is 0 Å². The molecule has 194 valence electrons. The monoisotopic (exact) mass is 496 g/mol. The van der Waals surface area contributed by atoms with Crippen molar-refractivity contribution in [1.82, 2.24) is 19.8 Å². The van der Waals surface area contributed by atoms with Crippen molar-refractivity contribution < 1.29 is 13.9 Å². The SMILES string of the molecule is C[C@H](Nc1nccc(N2C(=O)OCC2(C)C2CC2)n1)c1ccc(CN2CCC(N(C)C)CC2)c(F)c1. The van der Waals surface area contributed by atoms with E-state index in [-0.39, 0.29) is 23.5 Å². The highest BCUT2D eigenvalue weighted by Gasteiger charge is 2.54. The molecule has 1 N–H and O–H groups in total. The summed E-state index contributed by atoms with van der Waals surface area (Å²) < 4.78 is 20.4. The fourth-order valence-electron chi connectivity index (χ4n) is 5.52. The van der Waals surface area contributed by atoms with Crippen LogP contribution in [0, 0.1) is 11.7 Å². The van der Waals surface area contributed by atoms with Crippen LogP contribution in [-0.2, 0) is 11.3 Å². The van der Waals surface area contributed by atoms with Crippen LogP contribution in [0.15, 0.2) is 30.5 Å². The van der Waals surface area contributed by atoms with Crippen LogP contribution in [0.5, 0.6) is 0 Å². The van der Waals surface area contributed by atoms with Crippen LogP contribution >= 0.6 is 0 Å². The number of piperidine rings is 1. The highest BCUT2D eigenvalue weighted by Crippen LogP contribution is 2.47. The summed E-state index contributed by atoms with van der Waals surface area (Å²) in [7, 11) is 4.25. The van der Waals surface area contributed by atoms with Gasteiger partial charge in [0.05, 0.1) is 11.6 Å². The smallest absolute Gasteiger partial charge is 0.416 e. The molecule has 1 amide bonds. The largest absolute Gasteiger partial charge is 0.447 e. The number of cyclic esters (lactones) is 1. The van der Waals surface area contributed by atoms with Gasteiger partial charge in [-0.1, -0.05) is 12.1 Å². The summed E-state index contributed by atoms with van der Waals surface area (Å²) in [5.74, 6) is 1.16. The molecule has 2 saturated heterocycles. The number of carbonyl (C=O) groups is 1. The van der Waals surface area contributed by atoms with E-state index in [9.17, 15) is 4.79 Å². The van der Waals surface area contributed by atoms with Crippen LogP contribution in [0.4, 0.5) is 21.0 Å². The lowest BCUT2D eigenvalue weighted by Crippen LogP contribution is -2.47. The van der Waals surface area contributed by atoms with Crippen LogP contribution in [0.25, 0.3) is 0 Å². The number of benzene rings is 1. The molecule has 5 rings (SSSR count). The van der Waals surface area contributed by atoms with Gasteiger partial charge in [-0.2, -0.15) is 4.98 Å². The molecule has 3 heterocycles. The summed E-state index contributed by atoms with van der Waals surface area (Å²) in [4.78, 5) is 27.7. The minimum atomic E-state index is -0.380. The van der Waals surface area contributed by atoms with Crippen molar-refractivity contribution in [2.45, 2.75) is 63.7 Å². The van der Waals surface area contributed by atoms with Gasteiger partial charge < -0.3 is 15.0 Å². The number of rotatable bonds is 8. The van der Waals surface area contributed by atoms with E-state index in [2.05, 4.69) is 46.1 Å². The number of anilines is 2. The molecule has 1 aromatic heterocycles. The Balaban J connectivity index is 1.24. The first kappa shape index (κ1) is 24.9. The summed E-state index contributed by atoms with van der Waals surface area (Å²) in [6.07, 6.45) is 5.67. The second-order valence-electron chi connectivity index (χ2n) is 10.9. The molecule has 3 aliphatic rings. The fourth-order valence-corrected chi connectivity index (χ4v) is 5.52. The van der Waals surface area contributed by atoms with E-state index in [1.165, 1.54) is 0 Å². The van der Waals surface area contributed by atoms with Gasteiger partial charge in [0.1, 0.15) is 18.2 Å². The second-order valence-corrected chi connectivity index (χ2v) is 10.9. The summed E-state index contributed by atoms with van der Waals surface area (Å²) in [6.45, 7) is 6.99. The van der Waals surface area contributed by atoms with Crippen LogP contribution in [0.1, 0.15) is 56.7 Å². The van der Waals surface area contributed by atoms with Gasteiger partial charge in [-0.05, 0) is 90.3 Å². The van der Waals surface area contributed by atoms with E-state index in [1.54, 1.807) is 23.2 Å². The highest BCUT2D eigenvalue weighted by molar-refractivity contribution is 5.90. The van der Waals surface area contributed by atoms with Crippen molar-refractivity contribution in [2.24, 2.45) is 5.92 Å². The Kier molecular flexibility index (Phi) is 6.87. The average molecular weight is 497 g/mol. The van der Waals surface area contributed by atoms with Crippen molar-refractivity contribution in [3.8, 4) is 0 Å². The maximum atomic E-state index is 15.0. The van der Waals surface area contributed by atoms with E-state index < -0.39 is 0 Å². The maximum absolute atomic E-state index is 15.0. The lowest BCUT2D eigenvalue weighted by atomic mass is 9.96. The Morgan fingerprint density at radius 2 is 1.97 bits per heavy atom. The summed E-state index contributed by atoms with van der Waals surface area (Å²) in [5, 5.41) is 3.27. The number of amides is 1. The number of nitrogens with zero attached hydrogens (tertiary/aromatic N) is 5. The van der Waals surface area contributed by atoms with Gasteiger partial charge in [0.15, 0.2) is 0 Å². The molecule has 2 atom stereocenters. The Bertz CT molecular complexity index is 1100. The molecule has 9 heteroatoms. The van der Waals surface area contributed by atoms with Crippen molar-refractivity contribution in [2.75, 3.05) is 44.0 Å². The Hall–Kier alpha value is -2.78. The lowest BCUT2D eigenvalue weighted by Gasteiger charge is -2.35. The Labute approximate surface area is 212 Å². The van der Waals surface area contributed by atoms with Crippen molar-refractivity contribution in [3.63, 3.8) is 0 Å². The van der Waals surface area contributed by atoms with E-state index in [0.29, 0.717) is 36.9 Å². The third-order valence-corrected chi connectivity index (χ3v) is 8.11. The van der Waals surface area contributed by atoms with Gasteiger partial charge in [-0.25, -0.2) is 14.2 Å². The zero-order valence-corrected chi connectivity index (χ0v) is 21.7. The molecule has 2 aromatic rings. The molecule has 1 saturated carbocycles. The third-order valence-electron chi connectivity index (χ3n) is 8.11. The van der Waals surface area contributed by atoms with Crippen molar-refractivity contribution in [3.05, 3.63) is 47.4 Å². The zero-order chi connectivity index (χ0) is 25.4. The molecule has 8 nitrogen and oxygen atoms in total. The van der Waals surface area contributed by atoms with Crippen LogP contribution in [-0.4, -0.2) is 71.2 Å². The minimum absolute atomic E-state index is 0.189. The third kappa shape index (κ3) is 5.04. The molecule has 3 fully saturated rings. The molecule has 1 aliphatic carbocycles. The van der Waals surface area contributed by atoms with Gasteiger partial charge >= 0.3 is 6.09 Å². The lowest BCUT2D eigenvalue weighted by molar-refractivity contribution is 0.139. The number of hydrogen-bond donors (Lipinski definition) is 1. The Morgan fingerprint density at radius 1 is 1.22 bits per heavy atom. The molecule has 1 unspecified atom stereocenters. The molecule has 0 spiro atoms. The van der Waals surface area contributed by atoms with Gasteiger partial charge in [0.2, 0.25) is 5.95 Å². The number of carbonyl (C=O) groups excluding carboxylic acids is 1. The van der Waals surface area contributed by atoms with Crippen molar-refractivity contribution >= 4 is 17.9 Å². The van der Waals surface area contributed by atoms with Gasteiger partial charge in [-0.15, -0.1) is 0 Å². The number of aromatic nitrogens is 2. The first-order chi connectivity index (χ1) is 17.2. The molecule has 1 aromatic carbocycles. The van der Waals surface area contributed by atoms with Crippen LogP contribution < -0.4 is 10.2 Å². The number of likely N-dealkylation sites (tertiary alicyclic amines) is 1. The van der Waals surface area contributed by atoms with Crippen LogP contribution in [0.2, 0.25) is 0 Å². The van der Waals surface area contributed by atoms with E-state index in [0.717, 1.165) is 49.9 Å². The van der Waals surface area contributed by atoms with Crippen LogP contribution in [0.3, 0.4) is 0 Å². The first-order valence-electron chi connectivity index (χ1n) is 13.0. The second kappa shape index (κ2) is 9.94. The topological polar surface area (TPSA) is 73.8 Å². The average Bonchev–Trinajstić information content (AvgIpc) is 3.67. The number of ether oxygens (including phenoxy) is 1. The van der Waals surface area contributed by atoms with E-state index in [4.69, 9.17) is 4.74 Å². The first-order valence-corrected chi connectivity index (χ1v) is 13.0. The summed E-state index contributed by atoms with van der Waals surface area (Å²) >= 11 is 0. The predicted molar refractivity (Wildman–Crippen MR) is 137 cm³/mol. The number of hydrogen-bond acceptors (Lipinski definition) is 7. The molecular weight excluding hydrogens is 459 g/mol. The fraction of sp³-hybridized carbons (Fsp3) is 0.593. The maximum Gasteiger partial charge on any atom is 0.416 e. The van der Waals surface area contributed by atoms with E-state index >= 15 is 4.39 Å². The van der Waals surface area contributed by atoms with Gasteiger partial charge in [0, 0.05) is 24.3 Å². The van der Waals surface area contributed by atoms with E-state index in [1.807, 2.05) is 19.1 Å². The molecule has 0 radical (unpaired) electrons. The number of nitrogens with one attached hydrogen (secondary N) is 1. The standard InChI is InChI=1S/C27H37FN6O2/c1-18(19-5-6-20(23(28)15-19)16-33-13-10-22(11-14-33)32(3)4)30-25-29-12-9-24(31-25)34-26(35)36-17-27(34,2)21-7-8-21/h5-6,9,12,15,18,21-22H,7-8,10-11,13-14,16-17H2,1-4H3,(H,29,30,31)/t18-,27?/m0/s1. The normalized spacial score (nSPS) is 24.3. The summed E-state index contributed by atoms with van der Waals surface area (Å²) in [6, 6.07) is 7.60. The van der Waals surface area contributed by atoms with Gasteiger partial charge in [-0.3, -0.25) is 9.80 Å². The van der Waals surface area contributed by atoms with Crippen molar-refractivity contribution in [1.29, 1.82) is 0 Å². The molecule has 0 bridgehead atoms. The molecular formula is C27H37FN6O2. The zero-order valence-electron chi connectivity index (χ0n) is 21.7.